The van der Waals surface area contributed by atoms with E-state index in [1.54, 1.807) is 14.2 Å². The molecule has 6 nitrogen and oxygen atoms in total. The third kappa shape index (κ3) is 4.14. The maximum absolute atomic E-state index is 6.01. The molecular weight excluding hydrogens is 334 g/mol. The second-order valence-corrected chi connectivity index (χ2v) is 5.97. The SMILES string of the molecule is COc1cccc(OC)c1OCCNC[C@H]1Oc2ccccc2O[C@H]1C. The van der Waals surface area contributed by atoms with Crippen LogP contribution in [0.15, 0.2) is 42.5 Å². The van der Waals surface area contributed by atoms with Crippen LogP contribution in [0.2, 0.25) is 0 Å². The number of hydrogen-bond donors (Lipinski definition) is 1. The molecule has 0 amide bonds. The zero-order valence-electron chi connectivity index (χ0n) is 15.4. The van der Waals surface area contributed by atoms with Gasteiger partial charge in [0, 0.05) is 13.1 Å². The van der Waals surface area contributed by atoms with E-state index in [0.29, 0.717) is 36.9 Å². The average molecular weight is 359 g/mol. The minimum Gasteiger partial charge on any atom is -0.493 e. The van der Waals surface area contributed by atoms with Gasteiger partial charge in [-0.15, -0.1) is 0 Å². The Morgan fingerprint density at radius 1 is 0.923 bits per heavy atom. The van der Waals surface area contributed by atoms with Crippen molar-refractivity contribution in [1.29, 1.82) is 0 Å². The van der Waals surface area contributed by atoms with Gasteiger partial charge in [0.15, 0.2) is 23.0 Å². The fourth-order valence-electron chi connectivity index (χ4n) is 2.82. The van der Waals surface area contributed by atoms with E-state index in [2.05, 4.69) is 5.32 Å². The van der Waals surface area contributed by atoms with Gasteiger partial charge in [0.1, 0.15) is 18.8 Å². The molecule has 1 aliphatic heterocycles. The molecule has 0 radical (unpaired) electrons. The van der Waals surface area contributed by atoms with Gasteiger partial charge in [-0.05, 0) is 31.2 Å². The number of fused-ring (bicyclic) bond motifs is 1. The number of methoxy groups -OCH3 is 2. The molecule has 140 valence electrons. The van der Waals surface area contributed by atoms with E-state index >= 15 is 0 Å². The number of ether oxygens (including phenoxy) is 5. The van der Waals surface area contributed by atoms with Gasteiger partial charge in [0.2, 0.25) is 5.75 Å². The lowest BCUT2D eigenvalue weighted by Gasteiger charge is -2.32. The standard InChI is InChI=1S/C20H25NO5/c1-14-19(26-16-8-5-4-7-15(16)25-14)13-21-11-12-24-20-17(22-2)9-6-10-18(20)23-3/h4-10,14,19,21H,11-13H2,1-3H3/t14-,19+/m0/s1. The van der Waals surface area contributed by atoms with Gasteiger partial charge in [0.25, 0.3) is 0 Å². The summed E-state index contributed by atoms with van der Waals surface area (Å²) in [5.41, 5.74) is 0. The van der Waals surface area contributed by atoms with Crippen LogP contribution in [0.5, 0.6) is 28.7 Å². The summed E-state index contributed by atoms with van der Waals surface area (Å²) in [6.45, 7) is 3.82. The summed E-state index contributed by atoms with van der Waals surface area (Å²) in [5, 5.41) is 3.35. The van der Waals surface area contributed by atoms with Crippen LogP contribution in [0, 0.1) is 0 Å². The molecule has 6 heteroatoms. The van der Waals surface area contributed by atoms with E-state index < -0.39 is 0 Å². The number of rotatable bonds is 8. The van der Waals surface area contributed by atoms with Crippen molar-refractivity contribution in [1.82, 2.24) is 5.32 Å². The van der Waals surface area contributed by atoms with Crippen LogP contribution < -0.4 is 29.0 Å². The largest absolute Gasteiger partial charge is 0.493 e. The van der Waals surface area contributed by atoms with E-state index in [4.69, 9.17) is 23.7 Å². The average Bonchev–Trinajstić information content (AvgIpc) is 2.67. The van der Waals surface area contributed by atoms with Crippen molar-refractivity contribution < 1.29 is 23.7 Å². The molecule has 0 saturated heterocycles. The maximum Gasteiger partial charge on any atom is 0.203 e. The van der Waals surface area contributed by atoms with Crippen LogP contribution in [-0.2, 0) is 0 Å². The van der Waals surface area contributed by atoms with Crippen molar-refractivity contribution in [3.63, 3.8) is 0 Å². The van der Waals surface area contributed by atoms with Gasteiger partial charge in [-0.3, -0.25) is 0 Å². The van der Waals surface area contributed by atoms with Crippen LogP contribution in [0.25, 0.3) is 0 Å². The van der Waals surface area contributed by atoms with Gasteiger partial charge in [0.05, 0.1) is 14.2 Å². The monoisotopic (exact) mass is 359 g/mol. The summed E-state index contributed by atoms with van der Waals surface area (Å²) in [4.78, 5) is 0. The first kappa shape index (κ1) is 18.2. The highest BCUT2D eigenvalue weighted by Crippen LogP contribution is 2.36. The van der Waals surface area contributed by atoms with Crippen LogP contribution in [0.3, 0.4) is 0 Å². The first-order valence-corrected chi connectivity index (χ1v) is 8.69. The quantitative estimate of drug-likeness (QED) is 0.732. The first-order valence-electron chi connectivity index (χ1n) is 8.69. The lowest BCUT2D eigenvalue weighted by molar-refractivity contribution is 0.0316. The third-order valence-electron chi connectivity index (χ3n) is 4.22. The fraction of sp³-hybridized carbons (Fsp3) is 0.400. The summed E-state index contributed by atoms with van der Waals surface area (Å²) in [7, 11) is 3.22. The van der Waals surface area contributed by atoms with Gasteiger partial charge in [-0.25, -0.2) is 0 Å². The van der Waals surface area contributed by atoms with Gasteiger partial charge in [-0.2, -0.15) is 0 Å². The molecule has 26 heavy (non-hydrogen) atoms. The molecule has 0 spiro atoms. The highest BCUT2D eigenvalue weighted by atomic mass is 16.6. The summed E-state index contributed by atoms with van der Waals surface area (Å²) in [6, 6.07) is 13.3. The molecule has 0 fully saturated rings. The lowest BCUT2D eigenvalue weighted by Crippen LogP contribution is -2.45. The first-order chi connectivity index (χ1) is 12.7. The number of para-hydroxylation sites is 3. The van der Waals surface area contributed by atoms with Crippen LogP contribution in [-0.4, -0.2) is 46.1 Å². The van der Waals surface area contributed by atoms with Crippen molar-refractivity contribution in [3.05, 3.63) is 42.5 Å². The molecule has 2 aromatic rings. The van der Waals surface area contributed by atoms with Crippen molar-refractivity contribution in [2.75, 3.05) is 33.9 Å². The van der Waals surface area contributed by atoms with E-state index in [1.165, 1.54) is 0 Å². The highest BCUT2D eigenvalue weighted by molar-refractivity contribution is 5.51. The van der Waals surface area contributed by atoms with E-state index in [-0.39, 0.29) is 12.2 Å². The minimum absolute atomic E-state index is 0.0207. The van der Waals surface area contributed by atoms with Gasteiger partial charge < -0.3 is 29.0 Å². The van der Waals surface area contributed by atoms with Crippen molar-refractivity contribution in [2.24, 2.45) is 0 Å². The Hall–Kier alpha value is -2.60. The number of hydrogen-bond acceptors (Lipinski definition) is 6. The molecule has 1 N–H and O–H groups in total. The van der Waals surface area contributed by atoms with E-state index in [0.717, 1.165) is 11.5 Å². The Bertz CT molecular complexity index is 699. The number of nitrogens with one attached hydrogen (secondary N) is 1. The molecule has 0 unspecified atom stereocenters. The van der Waals surface area contributed by atoms with Crippen LogP contribution >= 0.6 is 0 Å². The molecule has 1 aliphatic rings. The van der Waals surface area contributed by atoms with E-state index in [9.17, 15) is 0 Å². The minimum atomic E-state index is -0.0503. The maximum atomic E-state index is 6.01. The molecule has 0 saturated carbocycles. The van der Waals surface area contributed by atoms with Gasteiger partial charge >= 0.3 is 0 Å². The third-order valence-corrected chi connectivity index (χ3v) is 4.22. The Labute approximate surface area is 154 Å². The summed E-state index contributed by atoms with van der Waals surface area (Å²) in [6.07, 6.45) is -0.0710. The van der Waals surface area contributed by atoms with Crippen LogP contribution in [0.1, 0.15) is 6.92 Å². The fourth-order valence-corrected chi connectivity index (χ4v) is 2.82. The smallest absolute Gasteiger partial charge is 0.203 e. The Morgan fingerprint density at radius 3 is 2.23 bits per heavy atom. The molecule has 1 heterocycles. The Morgan fingerprint density at radius 2 is 1.58 bits per heavy atom. The Balaban J connectivity index is 1.47. The van der Waals surface area contributed by atoms with Gasteiger partial charge in [-0.1, -0.05) is 18.2 Å². The molecular formula is C20H25NO5. The predicted molar refractivity (Wildman–Crippen MR) is 98.9 cm³/mol. The Kier molecular flexibility index (Phi) is 6.07. The molecule has 0 aliphatic carbocycles. The molecule has 0 bridgehead atoms. The zero-order chi connectivity index (χ0) is 18.4. The summed E-state index contributed by atoms with van der Waals surface area (Å²) in [5.74, 6) is 3.49. The second-order valence-electron chi connectivity index (χ2n) is 5.97. The highest BCUT2D eigenvalue weighted by Gasteiger charge is 2.27. The molecule has 2 atom stereocenters. The number of benzene rings is 2. The molecule has 2 aromatic carbocycles. The van der Waals surface area contributed by atoms with Crippen LogP contribution in [0.4, 0.5) is 0 Å². The molecule has 3 rings (SSSR count). The summed E-state index contributed by atoms with van der Waals surface area (Å²) < 4.78 is 28.4. The predicted octanol–water partition coefficient (Wildman–Crippen LogP) is 2.90. The topological polar surface area (TPSA) is 58.2 Å². The molecule has 0 aromatic heterocycles. The summed E-state index contributed by atoms with van der Waals surface area (Å²) >= 11 is 0. The van der Waals surface area contributed by atoms with E-state index in [1.807, 2.05) is 49.4 Å². The normalized spacial score (nSPS) is 18.3. The van der Waals surface area contributed by atoms with Crippen molar-refractivity contribution in [3.8, 4) is 28.7 Å². The zero-order valence-corrected chi connectivity index (χ0v) is 15.4. The van der Waals surface area contributed by atoms with Crippen molar-refractivity contribution in [2.45, 2.75) is 19.1 Å². The van der Waals surface area contributed by atoms with Crippen molar-refractivity contribution >= 4 is 0 Å². The lowest BCUT2D eigenvalue weighted by atomic mass is 10.2. The second kappa shape index (κ2) is 8.67.